The fourth-order valence-corrected chi connectivity index (χ4v) is 5.14. The number of likely N-dealkylation sites (tertiary alicyclic amines) is 1. The van der Waals surface area contributed by atoms with Gasteiger partial charge in [-0.2, -0.15) is 5.10 Å². The third-order valence-electron chi connectivity index (χ3n) is 5.45. The highest BCUT2D eigenvalue weighted by atomic mass is 32.2. The van der Waals surface area contributed by atoms with Crippen molar-refractivity contribution in [3.63, 3.8) is 0 Å². The first kappa shape index (κ1) is 19.3. The normalized spacial score (nSPS) is 14.7. The third-order valence-corrected chi connectivity index (χ3v) is 7.14. The van der Waals surface area contributed by atoms with Crippen molar-refractivity contribution in [3.05, 3.63) is 72.9 Å². The van der Waals surface area contributed by atoms with E-state index in [1.54, 1.807) is 41.3 Å². The van der Waals surface area contributed by atoms with Crippen LogP contribution in [0.1, 0.15) is 6.04 Å². The topological polar surface area (TPSA) is 97.4 Å². The van der Waals surface area contributed by atoms with E-state index in [2.05, 4.69) is 5.10 Å². The number of carboxylic acid groups (broad SMARTS) is 1. The summed E-state index contributed by atoms with van der Waals surface area (Å²) in [7, 11) is -3.94. The summed E-state index contributed by atoms with van der Waals surface area (Å²) in [5.41, 5.74) is 1.48. The Morgan fingerprint density at radius 3 is 2.55 bits per heavy atom. The molecular formula is C21H17FN4O4S. The summed E-state index contributed by atoms with van der Waals surface area (Å²) in [6.07, 6.45) is 3.85. The quantitative estimate of drug-likeness (QED) is 0.525. The van der Waals surface area contributed by atoms with Crippen molar-refractivity contribution < 1.29 is 22.7 Å². The molecule has 1 N–H and O–H groups in total. The van der Waals surface area contributed by atoms with Crippen molar-refractivity contribution in [2.24, 2.45) is 0 Å². The first-order chi connectivity index (χ1) is 14.8. The molecule has 5 rings (SSSR count). The van der Waals surface area contributed by atoms with E-state index in [-0.39, 0.29) is 16.5 Å². The van der Waals surface area contributed by atoms with E-state index in [1.165, 1.54) is 35.4 Å². The average Bonchev–Trinajstić information content (AvgIpc) is 3.32. The maximum atomic E-state index is 14.0. The Morgan fingerprint density at radius 2 is 1.84 bits per heavy atom. The van der Waals surface area contributed by atoms with Gasteiger partial charge in [0, 0.05) is 42.0 Å². The second-order valence-corrected chi connectivity index (χ2v) is 9.18. The highest BCUT2D eigenvalue weighted by Crippen LogP contribution is 2.34. The molecule has 0 saturated carbocycles. The SMILES string of the molecule is O=C(O)N1CC(n2cc(-c3cn(S(=O)(=O)c4ccccc4)c4cc(F)ccc34)cn2)C1. The number of nitrogens with zero attached hydrogens (tertiary/aromatic N) is 4. The minimum Gasteiger partial charge on any atom is -0.465 e. The zero-order chi connectivity index (χ0) is 21.8. The molecule has 0 bridgehead atoms. The Labute approximate surface area is 176 Å². The molecule has 2 aromatic carbocycles. The van der Waals surface area contributed by atoms with Gasteiger partial charge in [-0.15, -0.1) is 0 Å². The number of carbonyl (C=O) groups is 1. The Balaban J connectivity index is 1.59. The van der Waals surface area contributed by atoms with Crippen LogP contribution in [-0.4, -0.2) is 51.4 Å². The summed E-state index contributed by atoms with van der Waals surface area (Å²) in [5.74, 6) is -0.541. The summed E-state index contributed by atoms with van der Waals surface area (Å²) in [5, 5.41) is 13.9. The number of hydrogen-bond donors (Lipinski definition) is 1. The van der Waals surface area contributed by atoms with E-state index in [1.807, 2.05) is 0 Å². The zero-order valence-electron chi connectivity index (χ0n) is 16.1. The van der Waals surface area contributed by atoms with E-state index >= 15 is 0 Å². The molecule has 1 aliphatic rings. The smallest absolute Gasteiger partial charge is 0.407 e. The average molecular weight is 440 g/mol. The van der Waals surface area contributed by atoms with Gasteiger partial charge in [0.1, 0.15) is 5.82 Å². The first-order valence-corrected chi connectivity index (χ1v) is 10.9. The van der Waals surface area contributed by atoms with Gasteiger partial charge in [0.15, 0.2) is 0 Å². The lowest BCUT2D eigenvalue weighted by molar-refractivity contribution is 0.0812. The third kappa shape index (κ3) is 3.15. The maximum Gasteiger partial charge on any atom is 0.407 e. The molecule has 158 valence electrons. The summed E-state index contributed by atoms with van der Waals surface area (Å²) in [4.78, 5) is 12.4. The number of benzene rings is 2. The van der Waals surface area contributed by atoms with Crippen molar-refractivity contribution >= 4 is 27.0 Å². The predicted octanol–water partition coefficient (Wildman–Crippen LogP) is 3.42. The van der Waals surface area contributed by atoms with Crippen LogP contribution in [0.15, 0.2) is 72.0 Å². The van der Waals surface area contributed by atoms with Crippen LogP contribution >= 0.6 is 0 Å². The van der Waals surface area contributed by atoms with Crippen LogP contribution in [-0.2, 0) is 10.0 Å². The summed E-state index contributed by atoms with van der Waals surface area (Å²) in [6.45, 7) is 0.678. The predicted molar refractivity (Wildman–Crippen MR) is 111 cm³/mol. The lowest BCUT2D eigenvalue weighted by Gasteiger charge is -2.36. The monoisotopic (exact) mass is 440 g/mol. The zero-order valence-corrected chi connectivity index (χ0v) is 16.9. The standard InChI is InChI=1S/C21H17FN4O4S/c22-15-6-7-18-19(14-9-23-25(10-14)16-11-24(12-16)21(27)28)13-26(20(18)8-15)31(29,30)17-4-2-1-3-5-17/h1-10,13,16H,11-12H2,(H,27,28). The van der Waals surface area contributed by atoms with Crippen LogP contribution in [0, 0.1) is 5.82 Å². The van der Waals surface area contributed by atoms with Gasteiger partial charge in [-0.1, -0.05) is 18.2 Å². The second kappa shape index (κ2) is 6.95. The number of rotatable bonds is 4. The molecule has 1 amide bonds. The largest absolute Gasteiger partial charge is 0.465 e. The van der Waals surface area contributed by atoms with E-state index in [0.717, 1.165) is 3.97 Å². The summed E-state index contributed by atoms with van der Waals surface area (Å²) in [6, 6.07) is 11.9. The maximum absolute atomic E-state index is 14.0. The van der Waals surface area contributed by atoms with Gasteiger partial charge in [0.25, 0.3) is 10.0 Å². The molecule has 0 unspecified atom stereocenters. The minimum atomic E-state index is -3.94. The minimum absolute atomic E-state index is 0.0799. The van der Waals surface area contributed by atoms with Crippen LogP contribution in [0.2, 0.25) is 0 Å². The molecule has 0 aliphatic carbocycles. The summed E-state index contributed by atoms with van der Waals surface area (Å²) >= 11 is 0. The molecular weight excluding hydrogens is 423 g/mol. The Bertz CT molecular complexity index is 1410. The van der Waals surface area contributed by atoms with Crippen LogP contribution in [0.3, 0.4) is 0 Å². The van der Waals surface area contributed by atoms with Gasteiger partial charge in [0.2, 0.25) is 0 Å². The molecule has 4 aromatic rings. The number of halogens is 1. The van der Waals surface area contributed by atoms with Crippen molar-refractivity contribution in [1.29, 1.82) is 0 Å². The van der Waals surface area contributed by atoms with Gasteiger partial charge in [-0.05, 0) is 30.3 Å². The van der Waals surface area contributed by atoms with Crippen molar-refractivity contribution in [3.8, 4) is 11.1 Å². The van der Waals surface area contributed by atoms with Gasteiger partial charge >= 0.3 is 6.09 Å². The Hall–Kier alpha value is -3.66. The van der Waals surface area contributed by atoms with Crippen LogP contribution < -0.4 is 0 Å². The van der Waals surface area contributed by atoms with Gasteiger partial charge in [-0.25, -0.2) is 21.6 Å². The molecule has 1 saturated heterocycles. The summed E-state index contributed by atoms with van der Waals surface area (Å²) < 4.78 is 43.2. The van der Waals surface area contributed by atoms with Crippen LogP contribution in [0.5, 0.6) is 0 Å². The first-order valence-electron chi connectivity index (χ1n) is 9.48. The molecule has 10 heteroatoms. The molecule has 1 fully saturated rings. The highest BCUT2D eigenvalue weighted by molar-refractivity contribution is 7.90. The van der Waals surface area contributed by atoms with Gasteiger partial charge < -0.3 is 10.0 Å². The second-order valence-electron chi connectivity index (χ2n) is 7.37. The Morgan fingerprint density at radius 1 is 1.10 bits per heavy atom. The lowest BCUT2D eigenvalue weighted by Crippen LogP contribution is -2.50. The van der Waals surface area contributed by atoms with Gasteiger partial charge in [0.05, 0.1) is 22.7 Å². The van der Waals surface area contributed by atoms with E-state index in [4.69, 9.17) is 5.11 Å². The Kier molecular flexibility index (Phi) is 4.33. The number of hydrogen-bond acceptors (Lipinski definition) is 4. The van der Waals surface area contributed by atoms with Gasteiger partial charge in [-0.3, -0.25) is 4.68 Å². The van der Waals surface area contributed by atoms with E-state index < -0.39 is 21.9 Å². The van der Waals surface area contributed by atoms with Crippen molar-refractivity contribution in [2.75, 3.05) is 13.1 Å². The molecule has 8 nitrogen and oxygen atoms in total. The fraction of sp³-hybridized carbons (Fsp3) is 0.143. The van der Waals surface area contributed by atoms with Crippen molar-refractivity contribution in [1.82, 2.24) is 18.7 Å². The molecule has 1 aliphatic heterocycles. The molecule has 0 radical (unpaired) electrons. The number of amides is 1. The van der Waals surface area contributed by atoms with E-state index in [9.17, 15) is 17.6 Å². The number of aromatic nitrogens is 3. The molecule has 3 heterocycles. The number of fused-ring (bicyclic) bond motifs is 1. The van der Waals surface area contributed by atoms with Crippen LogP contribution in [0.4, 0.5) is 9.18 Å². The molecule has 0 atom stereocenters. The van der Waals surface area contributed by atoms with Crippen molar-refractivity contribution in [2.45, 2.75) is 10.9 Å². The van der Waals surface area contributed by atoms with Crippen LogP contribution in [0.25, 0.3) is 22.0 Å². The lowest BCUT2D eigenvalue weighted by atomic mass is 10.1. The fourth-order valence-electron chi connectivity index (χ4n) is 3.76. The highest BCUT2D eigenvalue weighted by Gasteiger charge is 2.32. The van der Waals surface area contributed by atoms with E-state index in [0.29, 0.717) is 29.6 Å². The molecule has 31 heavy (non-hydrogen) atoms. The molecule has 2 aromatic heterocycles. The molecule has 0 spiro atoms.